The third-order valence-corrected chi connectivity index (χ3v) is 5.65. The topological polar surface area (TPSA) is 105 Å². The van der Waals surface area contributed by atoms with E-state index in [1.807, 2.05) is 12.2 Å². The molecule has 0 spiro atoms. The molecule has 0 aromatic heterocycles. The highest BCUT2D eigenvalue weighted by atomic mass is 16.6. The summed E-state index contributed by atoms with van der Waals surface area (Å²) in [5.74, 6) is 1.06. The van der Waals surface area contributed by atoms with Gasteiger partial charge in [-0.15, -0.1) is 0 Å². The molecule has 2 rings (SSSR count). The van der Waals surface area contributed by atoms with Crippen LogP contribution in [0.1, 0.15) is 64.2 Å². The average molecular weight is 425 g/mol. The van der Waals surface area contributed by atoms with Crippen LogP contribution in [0.25, 0.3) is 0 Å². The van der Waals surface area contributed by atoms with Gasteiger partial charge in [0.1, 0.15) is 5.76 Å². The minimum absolute atomic E-state index is 0.135. The molecule has 7 heteroatoms. The molecule has 7 nitrogen and oxygen atoms in total. The maximum atomic E-state index is 12.3. The Morgan fingerprint density at radius 1 is 1.00 bits per heavy atom. The van der Waals surface area contributed by atoms with E-state index in [2.05, 4.69) is 6.58 Å². The lowest BCUT2D eigenvalue weighted by molar-refractivity contribution is -0.148. The standard InChI is InChI=1S/C23H36O7/c1-2-21(24)29-16-6-4-3-5-15-28-19-11-13-20(14-12-19)30-23(27)18-9-7-17(8-10-18)22(25)26/h2,11,13,17-18,21-22,24-26H,1,3-10,12,14-16H2. The Labute approximate surface area is 179 Å². The van der Waals surface area contributed by atoms with Crippen molar-refractivity contribution < 1.29 is 34.3 Å². The normalized spacial score (nSPS) is 22.8. The lowest BCUT2D eigenvalue weighted by Crippen LogP contribution is -2.29. The van der Waals surface area contributed by atoms with Gasteiger partial charge in [0.05, 0.1) is 24.9 Å². The van der Waals surface area contributed by atoms with Crippen molar-refractivity contribution in [3.63, 3.8) is 0 Å². The molecule has 2 aliphatic rings. The number of unbranched alkanes of at least 4 members (excludes halogenated alkanes) is 3. The van der Waals surface area contributed by atoms with Gasteiger partial charge in [-0.05, 0) is 63.2 Å². The zero-order valence-electron chi connectivity index (χ0n) is 17.7. The van der Waals surface area contributed by atoms with Crippen molar-refractivity contribution in [2.75, 3.05) is 13.2 Å². The van der Waals surface area contributed by atoms with Crippen molar-refractivity contribution in [2.45, 2.75) is 76.8 Å². The third-order valence-electron chi connectivity index (χ3n) is 5.65. The number of aliphatic hydroxyl groups is 3. The number of rotatable bonds is 13. The molecule has 0 amide bonds. The largest absolute Gasteiger partial charge is 0.498 e. The Hall–Kier alpha value is -1.67. The zero-order valence-corrected chi connectivity index (χ0v) is 17.7. The number of ether oxygens (including phenoxy) is 3. The number of hydrogen-bond acceptors (Lipinski definition) is 7. The van der Waals surface area contributed by atoms with Crippen molar-refractivity contribution >= 4 is 5.97 Å². The van der Waals surface area contributed by atoms with Crippen LogP contribution >= 0.6 is 0 Å². The molecule has 0 aromatic rings. The molecule has 1 saturated carbocycles. The van der Waals surface area contributed by atoms with Crippen LogP contribution in [0.5, 0.6) is 0 Å². The molecule has 170 valence electrons. The van der Waals surface area contributed by atoms with Crippen molar-refractivity contribution in [1.29, 1.82) is 0 Å². The second-order valence-corrected chi connectivity index (χ2v) is 7.97. The first-order chi connectivity index (χ1) is 14.5. The molecule has 0 heterocycles. The number of carbonyl (C=O) groups excluding carboxylic acids is 1. The maximum Gasteiger partial charge on any atom is 0.314 e. The van der Waals surface area contributed by atoms with E-state index in [0.717, 1.165) is 37.9 Å². The van der Waals surface area contributed by atoms with Crippen molar-refractivity contribution in [3.05, 3.63) is 36.3 Å². The predicted octanol–water partition coefficient (Wildman–Crippen LogP) is 3.31. The summed E-state index contributed by atoms with van der Waals surface area (Å²) in [7, 11) is 0. The van der Waals surface area contributed by atoms with E-state index in [9.17, 15) is 20.1 Å². The van der Waals surface area contributed by atoms with Crippen LogP contribution in [0.2, 0.25) is 0 Å². The van der Waals surface area contributed by atoms with Gasteiger partial charge in [-0.2, -0.15) is 0 Å². The summed E-state index contributed by atoms with van der Waals surface area (Å²) in [6.45, 7) is 4.63. The van der Waals surface area contributed by atoms with Crippen LogP contribution in [0.3, 0.4) is 0 Å². The van der Waals surface area contributed by atoms with E-state index in [4.69, 9.17) is 14.2 Å². The third kappa shape index (κ3) is 9.00. The summed E-state index contributed by atoms with van der Waals surface area (Å²) >= 11 is 0. The van der Waals surface area contributed by atoms with Gasteiger partial charge in [-0.3, -0.25) is 4.79 Å². The van der Waals surface area contributed by atoms with Gasteiger partial charge in [-0.25, -0.2) is 0 Å². The smallest absolute Gasteiger partial charge is 0.314 e. The second kappa shape index (κ2) is 13.6. The molecule has 30 heavy (non-hydrogen) atoms. The van der Waals surface area contributed by atoms with Gasteiger partial charge >= 0.3 is 5.97 Å². The fourth-order valence-electron chi connectivity index (χ4n) is 3.70. The maximum absolute atomic E-state index is 12.3. The van der Waals surface area contributed by atoms with Crippen molar-refractivity contribution in [2.24, 2.45) is 11.8 Å². The highest BCUT2D eigenvalue weighted by Gasteiger charge is 2.30. The lowest BCUT2D eigenvalue weighted by Gasteiger charge is -2.28. The first-order valence-corrected chi connectivity index (χ1v) is 11.0. The molecule has 1 atom stereocenters. The predicted molar refractivity (Wildman–Crippen MR) is 112 cm³/mol. The summed E-state index contributed by atoms with van der Waals surface area (Å²) in [5.41, 5.74) is 0. The number of aliphatic hydroxyl groups excluding tert-OH is 2. The molecule has 1 unspecified atom stereocenters. The van der Waals surface area contributed by atoms with Gasteiger partial charge in [0.2, 0.25) is 0 Å². The quantitative estimate of drug-likeness (QED) is 0.180. The highest BCUT2D eigenvalue weighted by Crippen LogP contribution is 2.32. The Bertz CT molecular complexity index is 588. The van der Waals surface area contributed by atoms with E-state index < -0.39 is 12.6 Å². The fourth-order valence-corrected chi connectivity index (χ4v) is 3.70. The van der Waals surface area contributed by atoms with Crippen molar-refractivity contribution in [1.82, 2.24) is 0 Å². The van der Waals surface area contributed by atoms with Crippen molar-refractivity contribution in [3.8, 4) is 0 Å². The van der Waals surface area contributed by atoms with Crippen LogP contribution in [-0.2, 0) is 19.0 Å². The Kier molecular flexibility index (Phi) is 11.1. The molecular weight excluding hydrogens is 388 g/mol. The molecule has 0 aliphatic heterocycles. The van der Waals surface area contributed by atoms with Crippen LogP contribution < -0.4 is 0 Å². The van der Waals surface area contributed by atoms with E-state index in [0.29, 0.717) is 51.1 Å². The minimum Gasteiger partial charge on any atom is -0.498 e. The Balaban J connectivity index is 1.57. The SMILES string of the molecule is C=CC(O)OCCCCCCOC1=CC=C(OC(=O)C2CCC(C(O)O)CC2)CC1. The summed E-state index contributed by atoms with van der Waals surface area (Å²) in [4.78, 5) is 12.3. The van der Waals surface area contributed by atoms with Crippen LogP contribution in [-0.4, -0.2) is 47.1 Å². The fraction of sp³-hybridized carbons (Fsp3) is 0.696. The van der Waals surface area contributed by atoms with E-state index in [-0.39, 0.29) is 17.8 Å². The van der Waals surface area contributed by atoms with Gasteiger partial charge in [0, 0.05) is 18.8 Å². The molecule has 1 fully saturated rings. The lowest BCUT2D eigenvalue weighted by atomic mass is 9.82. The van der Waals surface area contributed by atoms with Gasteiger partial charge in [0.15, 0.2) is 12.6 Å². The number of allylic oxidation sites excluding steroid dienone is 4. The first-order valence-electron chi connectivity index (χ1n) is 11.0. The number of carbonyl (C=O) groups is 1. The van der Waals surface area contributed by atoms with E-state index >= 15 is 0 Å². The highest BCUT2D eigenvalue weighted by molar-refractivity contribution is 5.73. The van der Waals surface area contributed by atoms with E-state index in [1.165, 1.54) is 6.08 Å². The van der Waals surface area contributed by atoms with Gasteiger partial charge < -0.3 is 29.5 Å². The molecule has 0 aromatic carbocycles. The summed E-state index contributed by atoms with van der Waals surface area (Å²) in [6, 6.07) is 0. The second-order valence-electron chi connectivity index (χ2n) is 7.97. The van der Waals surface area contributed by atoms with Crippen LogP contribution in [0.15, 0.2) is 36.3 Å². The van der Waals surface area contributed by atoms with E-state index in [1.54, 1.807) is 0 Å². The molecule has 3 N–H and O–H groups in total. The summed E-state index contributed by atoms with van der Waals surface area (Å²) in [6.07, 6.45) is 10.7. The minimum atomic E-state index is -1.29. The molecule has 2 aliphatic carbocycles. The molecule has 0 radical (unpaired) electrons. The average Bonchev–Trinajstić information content (AvgIpc) is 2.76. The number of hydrogen-bond donors (Lipinski definition) is 3. The van der Waals surface area contributed by atoms with Crippen LogP contribution in [0, 0.1) is 11.8 Å². The Morgan fingerprint density at radius 2 is 1.63 bits per heavy atom. The summed E-state index contributed by atoms with van der Waals surface area (Å²) in [5, 5.41) is 27.7. The Morgan fingerprint density at radius 3 is 2.23 bits per heavy atom. The van der Waals surface area contributed by atoms with Gasteiger partial charge in [0.25, 0.3) is 0 Å². The monoisotopic (exact) mass is 424 g/mol. The van der Waals surface area contributed by atoms with Crippen LogP contribution in [0.4, 0.5) is 0 Å². The molecular formula is C23H36O7. The molecule has 0 bridgehead atoms. The first kappa shape index (κ1) is 24.6. The molecule has 0 saturated heterocycles. The zero-order chi connectivity index (χ0) is 21.8. The van der Waals surface area contributed by atoms with Gasteiger partial charge in [-0.1, -0.05) is 13.0 Å². The summed E-state index contributed by atoms with van der Waals surface area (Å²) < 4.78 is 16.5. The number of esters is 1.